The molecule has 1 saturated heterocycles. The van der Waals surface area contributed by atoms with E-state index < -0.39 is 17.8 Å². The monoisotopic (exact) mass is 381 g/mol. The van der Waals surface area contributed by atoms with Crippen LogP contribution in [-0.4, -0.2) is 38.0 Å². The second-order valence-corrected chi connectivity index (χ2v) is 6.57. The van der Waals surface area contributed by atoms with Gasteiger partial charge in [0.15, 0.2) is 0 Å². The van der Waals surface area contributed by atoms with Gasteiger partial charge < -0.3 is 20.3 Å². The van der Waals surface area contributed by atoms with Crippen LogP contribution < -0.4 is 15.5 Å². The Morgan fingerprint density at radius 2 is 1.29 bits per heavy atom. The van der Waals surface area contributed by atoms with E-state index in [0.717, 1.165) is 18.8 Å². The lowest BCUT2D eigenvalue weighted by atomic mass is 10.1. The number of piperidine rings is 1. The smallest absolute Gasteiger partial charge is 0.337 e. The maximum Gasteiger partial charge on any atom is 0.337 e. The molecule has 0 radical (unpaired) electrons. The number of rotatable bonds is 4. The van der Waals surface area contributed by atoms with Gasteiger partial charge in [-0.25, -0.2) is 4.79 Å². The van der Waals surface area contributed by atoms with E-state index in [9.17, 15) is 14.4 Å². The number of benzene rings is 2. The normalized spacial score (nSPS) is 13.5. The molecule has 1 fully saturated rings. The lowest BCUT2D eigenvalue weighted by molar-refractivity contribution is -0.132. The molecule has 0 spiro atoms. The van der Waals surface area contributed by atoms with E-state index in [1.165, 1.54) is 50.6 Å². The molecule has 1 aliphatic rings. The summed E-state index contributed by atoms with van der Waals surface area (Å²) >= 11 is 0. The maximum atomic E-state index is 12.1. The van der Waals surface area contributed by atoms with Crippen LogP contribution in [0.2, 0.25) is 0 Å². The van der Waals surface area contributed by atoms with E-state index >= 15 is 0 Å². The van der Waals surface area contributed by atoms with Crippen molar-refractivity contribution in [1.82, 2.24) is 0 Å². The summed E-state index contributed by atoms with van der Waals surface area (Å²) in [6, 6.07) is 13.6. The second-order valence-electron chi connectivity index (χ2n) is 6.57. The molecule has 7 heteroatoms. The van der Waals surface area contributed by atoms with Crippen molar-refractivity contribution in [2.75, 3.05) is 35.7 Å². The summed E-state index contributed by atoms with van der Waals surface area (Å²) in [5.41, 5.74) is 2.45. The van der Waals surface area contributed by atoms with E-state index in [1.54, 1.807) is 12.1 Å². The molecule has 28 heavy (non-hydrogen) atoms. The molecule has 0 bridgehead atoms. The number of esters is 1. The molecular weight excluding hydrogens is 358 g/mol. The van der Waals surface area contributed by atoms with Crippen LogP contribution in [0.15, 0.2) is 48.5 Å². The summed E-state index contributed by atoms with van der Waals surface area (Å²) < 4.78 is 4.62. The van der Waals surface area contributed by atoms with Gasteiger partial charge in [0.05, 0.1) is 12.7 Å². The van der Waals surface area contributed by atoms with Gasteiger partial charge in [-0.3, -0.25) is 9.59 Å². The minimum absolute atomic E-state index is 0.360. The van der Waals surface area contributed by atoms with Crippen LogP contribution in [0.5, 0.6) is 0 Å². The Labute approximate surface area is 163 Å². The Morgan fingerprint density at radius 1 is 0.786 bits per heavy atom. The Hall–Kier alpha value is -3.35. The Morgan fingerprint density at radius 3 is 1.79 bits per heavy atom. The van der Waals surface area contributed by atoms with Crippen molar-refractivity contribution in [2.45, 2.75) is 19.3 Å². The summed E-state index contributed by atoms with van der Waals surface area (Å²) in [5.74, 6) is -2.02. The average molecular weight is 381 g/mol. The largest absolute Gasteiger partial charge is 0.465 e. The summed E-state index contributed by atoms with van der Waals surface area (Å²) in [6.45, 7) is 2.09. The second kappa shape index (κ2) is 9.03. The van der Waals surface area contributed by atoms with Crippen LogP contribution >= 0.6 is 0 Å². The lowest BCUT2D eigenvalue weighted by Crippen LogP contribution is -2.30. The third-order valence-electron chi connectivity index (χ3n) is 4.62. The molecule has 2 N–H and O–H groups in total. The number of nitrogens with one attached hydrogen (secondary N) is 2. The van der Waals surface area contributed by atoms with Crippen molar-refractivity contribution in [1.29, 1.82) is 0 Å². The predicted octanol–water partition coefficient (Wildman–Crippen LogP) is 3.04. The molecule has 2 aromatic carbocycles. The summed E-state index contributed by atoms with van der Waals surface area (Å²) in [7, 11) is 1.29. The number of hydrogen-bond acceptors (Lipinski definition) is 5. The number of nitrogens with zero attached hydrogens (tertiary/aromatic N) is 1. The van der Waals surface area contributed by atoms with E-state index in [4.69, 9.17) is 0 Å². The van der Waals surface area contributed by atoms with E-state index in [1.807, 2.05) is 12.1 Å². The SMILES string of the molecule is COC(=O)c1ccc(NC(=O)C(=O)Nc2ccc(N3CCCCC3)cc2)cc1. The van der Waals surface area contributed by atoms with Crippen LogP contribution in [0, 0.1) is 0 Å². The number of amides is 2. The van der Waals surface area contributed by atoms with E-state index in [0.29, 0.717) is 16.9 Å². The van der Waals surface area contributed by atoms with Gasteiger partial charge in [-0.1, -0.05) is 0 Å². The molecule has 1 aliphatic heterocycles. The fraction of sp³-hybridized carbons (Fsp3) is 0.286. The van der Waals surface area contributed by atoms with Crippen LogP contribution in [0.1, 0.15) is 29.6 Å². The van der Waals surface area contributed by atoms with Crippen LogP contribution in [0.3, 0.4) is 0 Å². The third kappa shape index (κ3) is 4.88. The number of carbonyl (C=O) groups is 3. The quantitative estimate of drug-likeness (QED) is 0.628. The fourth-order valence-electron chi connectivity index (χ4n) is 3.09. The van der Waals surface area contributed by atoms with Gasteiger partial charge in [-0.05, 0) is 67.8 Å². The van der Waals surface area contributed by atoms with E-state index in [-0.39, 0.29) is 0 Å². The van der Waals surface area contributed by atoms with Crippen LogP contribution in [0.25, 0.3) is 0 Å². The van der Waals surface area contributed by atoms with E-state index in [2.05, 4.69) is 20.3 Å². The number of anilines is 3. The molecule has 0 unspecified atom stereocenters. The molecule has 2 amide bonds. The van der Waals surface area contributed by atoms with Crippen molar-refractivity contribution in [2.24, 2.45) is 0 Å². The first kappa shape index (κ1) is 19.4. The first-order valence-corrected chi connectivity index (χ1v) is 9.22. The molecule has 0 saturated carbocycles. The van der Waals surface area contributed by atoms with Gasteiger partial charge in [0.1, 0.15) is 0 Å². The Balaban J connectivity index is 1.55. The Kier molecular flexibility index (Phi) is 6.26. The lowest BCUT2D eigenvalue weighted by Gasteiger charge is -2.28. The first-order valence-electron chi connectivity index (χ1n) is 9.22. The zero-order valence-electron chi connectivity index (χ0n) is 15.7. The minimum Gasteiger partial charge on any atom is -0.465 e. The minimum atomic E-state index is -0.786. The predicted molar refractivity (Wildman–Crippen MR) is 108 cm³/mol. The van der Waals surface area contributed by atoms with Crippen molar-refractivity contribution in [3.63, 3.8) is 0 Å². The topological polar surface area (TPSA) is 87.7 Å². The maximum absolute atomic E-state index is 12.1. The summed E-state index contributed by atoms with van der Waals surface area (Å²) in [6.07, 6.45) is 3.66. The number of hydrogen-bond donors (Lipinski definition) is 2. The zero-order chi connectivity index (χ0) is 19.9. The molecule has 0 atom stereocenters. The van der Waals surface area contributed by atoms with Gasteiger partial charge in [-0.15, -0.1) is 0 Å². The van der Waals surface area contributed by atoms with Crippen molar-refractivity contribution in [3.05, 3.63) is 54.1 Å². The van der Waals surface area contributed by atoms with Crippen molar-refractivity contribution < 1.29 is 19.1 Å². The molecule has 1 heterocycles. The highest BCUT2D eigenvalue weighted by Crippen LogP contribution is 2.21. The average Bonchev–Trinajstić information content (AvgIpc) is 2.75. The molecule has 0 aliphatic carbocycles. The van der Waals surface area contributed by atoms with Crippen LogP contribution in [-0.2, 0) is 14.3 Å². The molecule has 0 aromatic heterocycles. The highest BCUT2D eigenvalue weighted by Gasteiger charge is 2.15. The van der Waals surface area contributed by atoms with Gasteiger partial charge in [0.2, 0.25) is 0 Å². The highest BCUT2D eigenvalue weighted by atomic mass is 16.5. The summed E-state index contributed by atoms with van der Waals surface area (Å²) in [5, 5.41) is 5.09. The fourth-order valence-corrected chi connectivity index (χ4v) is 3.09. The Bertz CT molecular complexity index is 841. The first-order chi connectivity index (χ1) is 13.6. The molecule has 2 aromatic rings. The highest BCUT2D eigenvalue weighted by molar-refractivity contribution is 6.43. The van der Waals surface area contributed by atoms with Gasteiger partial charge in [0.25, 0.3) is 0 Å². The molecule has 7 nitrogen and oxygen atoms in total. The summed E-state index contributed by atoms with van der Waals surface area (Å²) in [4.78, 5) is 37.9. The number of methoxy groups -OCH3 is 1. The van der Waals surface area contributed by atoms with Gasteiger partial charge in [0, 0.05) is 30.2 Å². The zero-order valence-corrected chi connectivity index (χ0v) is 15.7. The van der Waals surface area contributed by atoms with Crippen molar-refractivity contribution >= 4 is 34.8 Å². The molecule has 3 rings (SSSR count). The molecular formula is C21H23N3O4. The third-order valence-corrected chi connectivity index (χ3v) is 4.62. The van der Waals surface area contributed by atoms with Crippen molar-refractivity contribution in [3.8, 4) is 0 Å². The standard InChI is InChI=1S/C21H23N3O4/c1-28-21(27)15-5-7-16(8-6-15)22-19(25)20(26)23-17-9-11-18(12-10-17)24-13-3-2-4-14-24/h5-12H,2-4,13-14H2,1H3,(H,22,25)(H,23,26). The molecule has 146 valence electrons. The van der Waals surface area contributed by atoms with Crippen LogP contribution in [0.4, 0.5) is 17.1 Å². The van der Waals surface area contributed by atoms with Gasteiger partial charge in [-0.2, -0.15) is 0 Å². The van der Waals surface area contributed by atoms with Gasteiger partial charge >= 0.3 is 17.8 Å². The number of carbonyl (C=O) groups excluding carboxylic acids is 3. The number of ether oxygens (including phenoxy) is 1.